The van der Waals surface area contributed by atoms with Crippen LogP contribution in [0.15, 0.2) is 0 Å². The summed E-state index contributed by atoms with van der Waals surface area (Å²) in [5.74, 6) is 0.523. The van der Waals surface area contributed by atoms with Crippen molar-refractivity contribution in [3.63, 3.8) is 0 Å². The van der Waals surface area contributed by atoms with Gasteiger partial charge in [0.2, 0.25) is 0 Å². The van der Waals surface area contributed by atoms with Gasteiger partial charge in [-0.1, -0.05) is 37.4 Å². The summed E-state index contributed by atoms with van der Waals surface area (Å²) in [5, 5.41) is 9.18. The van der Waals surface area contributed by atoms with Crippen molar-refractivity contribution in [3.8, 4) is 0 Å². The van der Waals surface area contributed by atoms with E-state index in [1.54, 1.807) is 0 Å². The molecule has 0 spiro atoms. The Morgan fingerprint density at radius 2 is 1.69 bits per heavy atom. The van der Waals surface area contributed by atoms with Crippen molar-refractivity contribution in [1.82, 2.24) is 0 Å². The molecule has 0 saturated carbocycles. The van der Waals surface area contributed by atoms with Crippen LogP contribution in [0.5, 0.6) is 0 Å². The number of rotatable bonds is 8. The molecule has 1 N–H and O–H groups in total. The van der Waals surface area contributed by atoms with Crippen molar-refractivity contribution in [3.05, 3.63) is 0 Å². The van der Waals surface area contributed by atoms with E-state index in [-0.39, 0.29) is 22.1 Å². The zero-order chi connectivity index (χ0) is 12.4. The Balaban J connectivity index is 3.82. The van der Waals surface area contributed by atoms with Gasteiger partial charge in [-0.25, -0.2) is 0 Å². The molecular weight excluding hydrogens is 244 g/mol. The average Bonchev–Trinajstić information content (AvgIpc) is 2.25. The van der Waals surface area contributed by atoms with Crippen LogP contribution in [0.1, 0.15) is 39.5 Å². The Morgan fingerprint density at radius 1 is 1.12 bits per heavy atom. The normalized spacial score (nSPS) is 12.4. The quantitative estimate of drug-likeness (QED) is 0.730. The Kier molecular flexibility index (Phi) is 10.2. The van der Waals surface area contributed by atoms with Crippen molar-refractivity contribution in [2.45, 2.75) is 44.8 Å². The minimum absolute atomic E-state index is 0.0491. The molecule has 0 aliphatic carbocycles. The van der Waals surface area contributed by atoms with Gasteiger partial charge in [-0.05, 0) is 12.8 Å². The summed E-state index contributed by atoms with van der Waals surface area (Å²) in [6.45, 7) is 3.86. The molecule has 0 aliphatic heterocycles. The lowest BCUT2D eigenvalue weighted by Crippen LogP contribution is -2.15. The molecule has 94 valence electrons. The smallest absolute Gasteiger partial charge is 0.189 e. The Labute approximate surface area is 106 Å². The van der Waals surface area contributed by atoms with Crippen LogP contribution in [0.25, 0.3) is 0 Å². The van der Waals surface area contributed by atoms with Gasteiger partial charge in [0.05, 0.1) is 6.61 Å². The lowest BCUT2D eigenvalue weighted by atomic mass is 10.4. The van der Waals surface area contributed by atoms with Crippen molar-refractivity contribution >= 4 is 33.8 Å². The molecule has 0 aromatic heterocycles. The zero-order valence-electron chi connectivity index (χ0n) is 9.90. The van der Waals surface area contributed by atoms with E-state index in [4.69, 9.17) is 5.11 Å². The first-order valence-electron chi connectivity index (χ1n) is 5.59. The predicted molar refractivity (Wildman–Crippen MR) is 70.8 cm³/mol. The molecule has 0 fully saturated rings. The van der Waals surface area contributed by atoms with E-state index in [0.29, 0.717) is 18.6 Å². The molecule has 0 unspecified atom stereocenters. The van der Waals surface area contributed by atoms with E-state index in [1.165, 1.54) is 23.5 Å². The maximum atomic E-state index is 11.3. The van der Waals surface area contributed by atoms with Crippen molar-refractivity contribution in [1.29, 1.82) is 0 Å². The highest BCUT2D eigenvalue weighted by molar-refractivity contribution is 8.17. The van der Waals surface area contributed by atoms with Gasteiger partial charge in [0.15, 0.2) is 10.2 Å². The Morgan fingerprint density at radius 3 is 2.19 bits per heavy atom. The van der Waals surface area contributed by atoms with Crippen LogP contribution in [0, 0.1) is 0 Å². The van der Waals surface area contributed by atoms with Crippen molar-refractivity contribution in [2.24, 2.45) is 0 Å². The topological polar surface area (TPSA) is 54.4 Å². The fourth-order valence-corrected chi connectivity index (χ4v) is 3.11. The molecule has 0 aromatic rings. The predicted octanol–water partition coefficient (Wildman–Crippen LogP) is 2.47. The Bertz CT molecular complexity index is 219. The third kappa shape index (κ3) is 8.19. The highest BCUT2D eigenvalue weighted by Crippen LogP contribution is 2.20. The van der Waals surface area contributed by atoms with Gasteiger partial charge in [-0.2, -0.15) is 0 Å². The maximum Gasteiger partial charge on any atom is 0.189 e. The first-order chi connectivity index (χ1) is 7.63. The fraction of sp³-hybridized carbons (Fsp3) is 0.818. The standard InChI is InChI=1S/C11H20O3S2/c1-3-5-10(13)15-8-9(7-12)16-11(14)6-4-2/h9,12H,3-8H2,1-2H3/t9-/m0/s1. The highest BCUT2D eigenvalue weighted by Gasteiger charge is 2.15. The van der Waals surface area contributed by atoms with Crippen LogP contribution < -0.4 is 0 Å². The minimum Gasteiger partial charge on any atom is -0.395 e. The molecule has 0 rings (SSSR count). The molecule has 0 amide bonds. The van der Waals surface area contributed by atoms with E-state index in [1.807, 2.05) is 13.8 Å². The first kappa shape index (κ1) is 16.0. The van der Waals surface area contributed by atoms with Crippen LogP contribution in [0.3, 0.4) is 0 Å². The van der Waals surface area contributed by atoms with Gasteiger partial charge in [0.25, 0.3) is 0 Å². The number of hydrogen-bond acceptors (Lipinski definition) is 5. The van der Waals surface area contributed by atoms with Gasteiger partial charge in [0.1, 0.15) is 0 Å². The van der Waals surface area contributed by atoms with E-state index in [0.717, 1.165) is 12.8 Å². The lowest BCUT2D eigenvalue weighted by molar-refractivity contribution is -0.111. The molecule has 0 aliphatic rings. The average molecular weight is 264 g/mol. The summed E-state index contributed by atoms with van der Waals surface area (Å²) < 4.78 is 0. The van der Waals surface area contributed by atoms with Crippen molar-refractivity contribution < 1.29 is 14.7 Å². The third-order valence-corrected chi connectivity index (χ3v) is 4.26. The molecule has 3 nitrogen and oxygen atoms in total. The maximum absolute atomic E-state index is 11.3. The van der Waals surface area contributed by atoms with E-state index >= 15 is 0 Å². The zero-order valence-corrected chi connectivity index (χ0v) is 11.5. The number of thioether (sulfide) groups is 2. The van der Waals surface area contributed by atoms with E-state index < -0.39 is 0 Å². The van der Waals surface area contributed by atoms with Crippen molar-refractivity contribution in [2.75, 3.05) is 12.4 Å². The number of carbonyl (C=O) groups is 2. The second-order valence-corrected chi connectivity index (χ2v) is 5.91. The molecule has 5 heteroatoms. The van der Waals surface area contributed by atoms with Gasteiger partial charge < -0.3 is 5.11 Å². The molecule has 16 heavy (non-hydrogen) atoms. The molecule has 0 saturated heterocycles. The van der Waals surface area contributed by atoms with Gasteiger partial charge in [0, 0.05) is 23.8 Å². The number of aliphatic hydroxyl groups is 1. The molecule has 1 atom stereocenters. The van der Waals surface area contributed by atoms with Crippen LogP contribution in [0.2, 0.25) is 0 Å². The summed E-state index contributed by atoms with van der Waals surface area (Å²) in [7, 11) is 0. The molecule has 0 radical (unpaired) electrons. The largest absolute Gasteiger partial charge is 0.395 e. The lowest BCUT2D eigenvalue weighted by Gasteiger charge is -2.11. The summed E-state index contributed by atoms with van der Waals surface area (Å²) in [6.07, 6.45) is 2.77. The second-order valence-electron chi connectivity index (χ2n) is 3.48. The monoisotopic (exact) mass is 264 g/mol. The van der Waals surface area contributed by atoms with Gasteiger partial charge >= 0.3 is 0 Å². The molecule has 0 bridgehead atoms. The van der Waals surface area contributed by atoms with Crippen LogP contribution in [0.4, 0.5) is 0 Å². The summed E-state index contributed by atoms with van der Waals surface area (Å²) >= 11 is 2.39. The minimum atomic E-state index is -0.148. The fourth-order valence-electron chi connectivity index (χ4n) is 1.04. The summed E-state index contributed by atoms with van der Waals surface area (Å²) in [4.78, 5) is 22.6. The molecule has 0 heterocycles. The van der Waals surface area contributed by atoms with Gasteiger partial charge in [-0.3, -0.25) is 9.59 Å². The van der Waals surface area contributed by atoms with Crippen LogP contribution in [-0.2, 0) is 9.59 Å². The second kappa shape index (κ2) is 10.2. The molecule has 0 aromatic carbocycles. The number of hydrogen-bond donors (Lipinski definition) is 1. The third-order valence-electron chi connectivity index (χ3n) is 1.84. The SMILES string of the molecule is CCCC(=O)SC[C@H](CO)SC(=O)CCC. The highest BCUT2D eigenvalue weighted by atomic mass is 32.2. The molecular formula is C11H20O3S2. The Hall–Kier alpha value is -0.0000000000000000555. The van der Waals surface area contributed by atoms with Crippen LogP contribution >= 0.6 is 23.5 Å². The summed E-state index contributed by atoms with van der Waals surface area (Å²) in [5.41, 5.74) is 0. The van der Waals surface area contributed by atoms with Crippen LogP contribution in [-0.4, -0.2) is 32.9 Å². The summed E-state index contributed by atoms with van der Waals surface area (Å²) in [6, 6.07) is 0. The van der Waals surface area contributed by atoms with E-state index in [9.17, 15) is 9.59 Å². The number of aliphatic hydroxyl groups excluding tert-OH is 1. The first-order valence-corrected chi connectivity index (χ1v) is 7.46. The van der Waals surface area contributed by atoms with E-state index in [2.05, 4.69) is 0 Å². The van der Waals surface area contributed by atoms with Gasteiger partial charge in [-0.15, -0.1) is 0 Å². The number of carbonyl (C=O) groups excluding carboxylic acids is 2.